The maximum Gasteiger partial charge on any atom is 0.352 e. The molecule has 1 aromatic rings. The average molecular weight is 354 g/mol. The van der Waals surface area contributed by atoms with Gasteiger partial charge in [0.2, 0.25) is 11.1 Å². The number of aliphatic carboxylic acids is 1. The van der Waals surface area contributed by atoms with Gasteiger partial charge in [-0.3, -0.25) is 9.69 Å². The van der Waals surface area contributed by atoms with Crippen molar-refractivity contribution in [2.24, 2.45) is 5.73 Å². The summed E-state index contributed by atoms with van der Waals surface area (Å²) < 4.78 is 1.57. The van der Waals surface area contributed by atoms with Crippen LogP contribution in [0.15, 0.2) is 29.1 Å². The Morgan fingerprint density at radius 3 is 3.09 bits per heavy atom. The van der Waals surface area contributed by atoms with E-state index in [-0.39, 0.29) is 17.0 Å². The van der Waals surface area contributed by atoms with Crippen LogP contribution in [0.4, 0.5) is 0 Å². The lowest BCUT2D eigenvalue weighted by Gasteiger charge is -2.48. The van der Waals surface area contributed by atoms with E-state index < -0.39 is 12.0 Å². The number of carboxylic acids is 1. The van der Waals surface area contributed by atoms with Crippen LogP contribution in [0.1, 0.15) is 0 Å². The van der Waals surface area contributed by atoms with Gasteiger partial charge in [0.15, 0.2) is 0 Å². The van der Waals surface area contributed by atoms with Crippen molar-refractivity contribution in [2.45, 2.75) is 23.1 Å². The van der Waals surface area contributed by atoms with Crippen LogP contribution in [0.3, 0.4) is 0 Å². The Morgan fingerprint density at radius 1 is 1.61 bits per heavy atom. The number of aromatic nitrogens is 4. The van der Waals surface area contributed by atoms with Gasteiger partial charge in [0.05, 0.1) is 6.54 Å². The van der Waals surface area contributed by atoms with Gasteiger partial charge in [-0.25, -0.2) is 9.48 Å². The summed E-state index contributed by atoms with van der Waals surface area (Å²) >= 11 is 2.80. The molecule has 2 aliphatic rings. The largest absolute Gasteiger partial charge is 0.477 e. The highest BCUT2D eigenvalue weighted by Crippen LogP contribution is 2.40. The Labute approximate surface area is 140 Å². The molecule has 11 heteroatoms. The van der Waals surface area contributed by atoms with E-state index in [0.717, 1.165) is 0 Å². The van der Waals surface area contributed by atoms with E-state index in [1.54, 1.807) is 10.8 Å². The summed E-state index contributed by atoms with van der Waals surface area (Å²) in [6, 6.07) is -0.622. The molecule has 1 amide bonds. The molecular weight excluding hydrogens is 340 g/mol. The number of fused-ring (bicyclic) bond motifs is 1. The third kappa shape index (κ3) is 2.75. The molecule has 3 N–H and O–H groups in total. The van der Waals surface area contributed by atoms with Crippen LogP contribution in [-0.4, -0.2) is 65.0 Å². The summed E-state index contributed by atoms with van der Waals surface area (Å²) in [6.07, 6.45) is 1.67. The second-order valence-corrected chi connectivity index (χ2v) is 6.96. The normalized spacial score (nSPS) is 23.5. The Balaban J connectivity index is 1.80. The summed E-state index contributed by atoms with van der Waals surface area (Å²) in [6.45, 7) is 4.10. The summed E-state index contributed by atoms with van der Waals surface area (Å²) in [4.78, 5) is 24.7. The molecule has 2 aliphatic heterocycles. The van der Waals surface area contributed by atoms with Gasteiger partial charge in [-0.05, 0) is 16.0 Å². The third-order valence-electron chi connectivity index (χ3n) is 3.47. The van der Waals surface area contributed by atoms with Gasteiger partial charge in [-0.15, -0.1) is 23.4 Å². The van der Waals surface area contributed by atoms with Crippen LogP contribution in [0.2, 0.25) is 0 Å². The van der Waals surface area contributed by atoms with Crippen molar-refractivity contribution >= 4 is 35.4 Å². The van der Waals surface area contributed by atoms with Crippen molar-refractivity contribution < 1.29 is 14.7 Å². The number of carboxylic acid groups (broad SMARTS) is 1. The first-order valence-electron chi connectivity index (χ1n) is 6.70. The Kier molecular flexibility index (Phi) is 4.41. The minimum Gasteiger partial charge on any atom is -0.477 e. The number of β-lactam (4-membered cyclic amide) rings is 1. The second-order valence-electron chi connectivity index (χ2n) is 4.91. The zero-order valence-electron chi connectivity index (χ0n) is 12.0. The highest BCUT2D eigenvalue weighted by atomic mass is 32.2. The zero-order valence-corrected chi connectivity index (χ0v) is 13.6. The van der Waals surface area contributed by atoms with Crippen LogP contribution in [0, 0.1) is 0 Å². The zero-order chi connectivity index (χ0) is 16.6. The Morgan fingerprint density at radius 2 is 2.39 bits per heavy atom. The molecule has 9 nitrogen and oxygen atoms in total. The van der Waals surface area contributed by atoms with Gasteiger partial charge in [0.25, 0.3) is 0 Å². The number of rotatable bonds is 6. The van der Waals surface area contributed by atoms with Gasteiger partial charge in [0.1, 0.15) is 17.1 Å². The summed E-state index contributed by atoms with van der Waals surface area (Å²) in [5, 5.41) is 21.1. The van der Waals surface area contributed by atoms with Crippen LogP contribution < -0.4 is 5.73 Å². The first kappa shape index (κ1) is 16.0. The van der Waals surface area contributed by atoms with Crippen LogP contribution in [0.25, 0.3) is 0 Å². The van der Waals surface area contributed by atoms with E-state index in [1.807, 2.05) is 0 Å². The number of thioether (sulfide) groups is 2. The second kappa shape index (κ2) is 6.34. The SMILES string of the molecule is C=CCn1nnnc1SCC1=C(C(=O)O)N2C(=O)C(N)[C@H]2SC1. The lowest BCUT2D eigenvalue weighted by Crippen LogP contribution is -2.68. The number of nitrogens with two attached hydrogens (primary N) is 1. The Hall–Kier alpha value is -1.85. The molecule has 1 unspecified atom stereocenters. The van der Waals surface area contributed by atoms with Gasteiger partial charge in [-0.1, -0.05) is 17.8 Å². The number of hydrogen-bond acceptors (Lipinski definition) is 8. The minimum absolute atomic E-state index is 0.0377. The molecule has 23 heavy (non-hydrogen) atoms. The molecule has 122 valence electrons. The van der Waals surface area contributed by atoms with Crippen LogP contribution in [0.5, 0.6) is 0 Å². The summed E-state index contributed by atoms with van der Waals surface area (Å²) in [5.41, 5.74) is 6.42. The molecular formula is C12H14N6O3S2. The third-order valence-corrected chi connectivity index (χ3v) is 5.87. The lowest BCUT2D eigenvalue weighted by atomic mass is 10.0. The van der Waals surface area contributed by atoms with E-state index in [2.05, 4.69) is 22.1 Å². The highest BCUT2D eigenvalue weighted by molar-refractivity contribution is 8.01. The average Bonchev–Trinajstić information content (AvgIpc) is 2.98. The van der Waals surface area contributed by atoms with Crippen molar-refractivity contribution in [1.29, 1.82) is 0 Å². The molecule has 3 rings (SSSR count). The molecule has 0 aliphatic carbocycles. The number of amides is 1. The fourth-order valence-electron chi connectivity index (χ4n) is 2.38. The number of carbonyl (C=O) groups excluding carboxylic acids is 1. The van der Waals surface area contributed by atoms with Crippen molar-refractivity contribution in [2.75, 3.05) is 11.5 Å². The fraction of sp³-hybridized carbons (Fsp3) is 0.417. The van der Waals surface area contributed by atoms with Crippen molar-refractivity contribution in [1.82, 2.24) is 25.1 Å². The molecule has 0 spiro atoms. The molecule has 2 atom stereocenters. The van der Waals surface area contributed by atoms with Crippen molar-refractivity contribution in [3.05, 3.63) is 23.9 Å². The van der Waals surface area contributed by atoms with E-state index in [4.69, 9.17) is 5.73 Å². The lowest BCUT2D eigenvalue weighted by molar-refractivity contribution is -0.147. The monoisotopic (exact) mass is 354 g/mol. The van der Waals surface area contributed by atoms with Gasteiger partial charge < -0.3 is 10.8 Å². The first-order chi connectivity index (χ1) is 11.0. The van der Waals surface area contributed by atoms with E-state index in [0.29, 0.717) is 28.8 Å². The predicted molar refractivity (Wildman–Crippen MR) is 84.5 cm³/mol. The fourth-order valence-corrected chi connectivity index (χ4v) is 4.70. The number of nitrogens with zero attached hydrogens (tertiary/aromatic N) is 5. The van der Waals surface area contributed by atoms with E-state index in [1.165, 1.54) is 28.4 Å². The number of hydrogen-bond donors (Lipinski definition) is 2. The maximum atomic E-state index is 11.9. The molecule has 0 radical (unpaired) electrons. The predicted octanol–water partition coefficient (Wildman–Crippen LogP) is -0.468. The Bertz CT molecular complexity index is 703. The van der Waals surface area contributed by atoms with Crippen LogP contribution in [-0.2, 0) is 16.1 Å². The summed E-state index contributed by atoms with van der Waals surface area (Å²) in [5.74, 6) is -0.562. The highest BCUT2D eigenvalue weighted by Gasteiger charge is 2.51. The number of allylic oxidation sites excluding steroid dienone is 1. The van der Waals surface area contributed by atoms with E-state index in [9.17, 15) is 14.7 Å². The van der Waals surface area contributed by atoms with Crippen LogP contribution >= 0.6 is 23.5 Å². The van der Waals surface area contributed by atoms with Gasteiger partial charge in [-0.2, -0.15) is 0 Å². The molecule has 3 heterocycles. The first-order valence-corrected chi connectivity index (χ1v) is 8.73. The van der Waals surface area contributed by atoms with E-state index >= 15 is 0 Å². The molecule has 1 saturated heterocycles. The van der Waals surface area contributed by atoms with Crippen molar-refractivity contribution in [3.8, 4) is 0 Å². The molecule has 1 aromatic heterocycles. The molecule has 0 aromatic carbocycles. The topological polar surface area (TPSA) is 127 Å². The quantitative estimate of drug-likeness (QED) is 0.396. The molecule has 0 bridgehead atoms. The smallest absolute Gasteiger partial charge is 0.352 e. The van der Waals surface area contributed by atoms with Gasteiger partial charge in [0, 0.05) is 11.5 Å². The molecule has 1 fully saturated rings. The maximum absolute atomic E-state index is 11.9. The van der Waals surface area contributed by atoms with Crippen molar-refractivity contribution in [3.63, 3.8) is 0 Å². The summed E-state index contributed by atoms with van der Waals surface area (Å²) in [7, 11) is 0. The molecule has 0 saturated carbocycles. The number of carbonyl (C=O) groups is 2. The van der Waals surface area contributed by atoms with Gasteiger partial charge >= 0.3 is 5.97 Å². The standard InChI is InChI=1S/C12H14N6O3S2/c1-2-3-17-12(14-15-16-17)23-5-6-4-22-10-7(13)9(19)18(10)8(6)11(20)21/h2,7,10H,1,3-5,13H2,(H,20,21)/t7?,10-/m1/s1. The minimum atomic E-state index is -1.11. The number of tetrazole rings is 1.